The van der Waals surface area contributed by atoms with Gasteiger partial charge in [0.15, 0.2) is 11.4 Å². The third-order valence-electron chi connectivity index (χ3n) is 8.26. The maximum Gasteiger partial charge on any atom is 0.251 e. The lowest BCUT2D eigenvalue weighted by atomic mass is 9.53. The Morgan fingerprint density at radius 3 is 2.42 bits per heavy atom. The molecule has 5 N–H and O–H groups in total. The van der Waals surface area contributed by atoms with Crippen LogP contribution in [0.1, 0.15) is 46.0 Å². The number of amides is 1. The average molecular weight is 519 g/mol. The molecule has 0 radical (unpaired) electrons. The number of ketones is 2. The van der Waals surface area contributed by atoms with Crippen molar-refractivity contribution in [2.75, 3.05) is 25.5 Å². The maximum atomic E-state index is 14.1. The first-order valence-corrected chi connectivity index (χ1v) is 12.4. The highest BCUT2D eigenvalue weighted by Crippen LogP contribution is 2.57. The van der Waals surface area contributed by atoms with Crippen LogP contribution in [0, 0.1) is 11.3 Å². The summed E-state index contributed by atoms with van der Waals surface area (Å²) in [6.45, 7) is 1.27. The molecule has 0 spiro atoms. The summed E-state index contributed by atoms with van der Waals surface area (Å²) in [5.74, 6) is -4.16. The number of nitrogens with one attached hydrogen (secondary N) is 1. The van der Waals surface area contributed by atoms with E-state index >= 15 is 0 Å². The van der Waals surface area contributed by atoms with Crippen LogP contribution in [-0.2, 0) is 11.2 Å². The number of aliphatic hydroxyl groups excluding tert-OH is 2. The number of fused-ring (bicyclic) bond motifs is 3. The van der Waals surface area contributed by atoms with Crippen LogP contribution in [0.25, 0.3) is 0 Å². The van der Waals surface area contributed by atoms with Gasteiger partial charge in [0.2, 0.25) is 5.78 Å². The van der Waals surface area contributed by atoms with E-state index in [1.165, 1.54) is 13.0 Å². The van der Waals surface area contributed by atoms with E-state index in [9.17, 15) is 34.8 Å². The van der Waals surface area contributed by atoms with Crippen LogP contribution in [0.3, 0.4) is 0 Å². The van der Waals surface area contributed by atoms with Gasteiger partial charge >= 0.3 is 0 Å². The lowest BCUT2D eigenvalue weighted by Crippen LogP contribution is -2.60. The van der Waals surface area contributed by atoms with Crippen LogP contribution < -0.4 is 10.2 Å². The summed E-state index contributed by atoms with van der Waals surface area (Å²) in [6.07, 6.45) is 0.0743. The molecule has 3 aliphatic rings. The molecule has 0 fully saturated rings. The molecule has 0 aliphatic heterocycles. The van der Waals surface area contributed by atoms with E-state index < -0.39 is 34.3 Å². The van der Waals surface area contributed by atoms with Crippen LogP contribution in [0.2, 0.25) is 0 Å². The largest absolute Gasteiger partial charge is 0.512 e. The van der Waals surface area contributed by atoms with Gasteiger partial charge in [0.05, 0.1) is 11.3 Å². The van der Waals surface area contributed by atoms with Gasteiger partial charge in [0.25, 0.3) is 5.91 Å². The number of hydrogen-bond donors (Lipinski definition) is 5. The number of carbonyl (C=O) groups is 3. The average Bonchev–Trinajstić information content (AvgIpc) is 2.88. The van der Waals surface area contributed by atoms with Crippen LogP contribution >= 0.6 is 0 Å². The molecule has 1 amide bonds. The smallest absolute Gasteiger partial charge is 0.251 e. The fourth-order valence-electron chi connectivity index (χ4n) is 6.28. The summed E-state index contributed by atoms with van der Waals surface area (Å²) in [7, 11) is 3.60. The van der Waals surface area contributed by atoms with Crippen LogP contribution in [0.5, 0.6) is 5.75 Å². The second kappa shape index (κ2) is 8.73. The van der Waals surface area contributed by atoms with Crippen molar-refractivity contribution in [2.24, 2.45) is 11.3 Å². The standard InChI is InChI=1S/C29H30N2O7/c1-15-21(33)11-17-12-28(14-30-27(37)16-7-5-4-6-8-16)13-18-19(31(2)3)9-10-20(32)22(18)24(34)23(28)26(36)29(17,38)25(15)35/h4-10,17,32-33,36,38H,11-14H2,1-3H3,(H,30,37)/t17-,28-,29-/m1/s1. The van der Waals surface area contributed by atoms with Gasteiger partial charge in [-0.1, -0.05) is 18.2 Å². The first kappa shape index (κ1) is 25.5. The highest BCUT2D eigenvalue weighted by molar-refractivity contribution is 6.16. The predicted octanol–water partition coefficient (Wildman–Crippen LogP) is 2.98. The summed E-state index contributed by atoms with van der Waals surface area (Å²) < 4.78 is 0. The summed E-state index contributed by atoms with van der Waals surface area (Å²) in [5, 5.41) is 47.2. The molecule has 0 heterocycles. The number of nitrogens with zero attached hydrogens (tertiary/aromatic N) is 1. The number of phenolic OH excluding ortho intramolecular Hbond substituents is 1. The van der Waals surface area contributed by atoms with Crippen molar-refractivity contribution in [2.45, 2.75) is 31.8 Å². The Morgan fingerprint density at radius 1 is 1.08 bits per heavy atom. The van der Waals surface area contributed by atoms with Crippen LogP contribution in [0.15, 0.2) is 65.1 Å². The summed E-state index contributed by atoms with van der Waals surface area (Å²) in [5.41, 5.74) is -2.30. The van der Waals surface area contributed by atoms with Gasteiger partial charge < -0.3 is 30.6 Å². The van der Waals surface area contributed by atoms with Crippen molar-refractivity contribution in [1.29, 1.82) is 0 Å². The van der Waals surface area contributed by atoms with E-state index in [0.29, 0.717) is 16.8 Å². The Balaban J connectivity index is 1.71. The van der Waals surface area contributed by atoms with Crippen molar-refractivity contribution < 1.29 is 34.8 Å². The predicted molar refractivity (Wildman–Crippen MR) is 139 cm³/mol. The SMILES string of the molecule is CC1=C(O)C[C@@H]2C[C@]3(CNC(=O)c4ccccc4)Cc4c(N(C)C)ccc(O)c4C(=O)C3=C(O)[C@]2(O)C1=O. The molecule has 3 aliphatic carbocycles. The van der Waals surface area contributed by atoms with E-state index in [0.717, 1.165) is 0 Å². The number of aromatic hydroxyl groups is 1. The highest BCUT2D eigenvalue weighted by atomic mass is 16.3. The molecule has 2 aromatic rings. The summed E-state index contributed by atoms with van der Waals surface area (Å²) in [4.78, 5) is 42.1. The van der Waals surface area contributed by atoms with E-state index in [2.05, 4.69) is 5.32 Å². The number of allylic oxidation sites excluding steroid dienone is 1. The van der Waals surface area contributed by atoms with Crippen molar-refractivity contribution in [3.8, 4) is 5.75 Å². The van der Waals surface area contributed by atoms with Gasteiger partial charge in [-0.25, -0.2) is 0 Å². The zero-order valence-corrected chi connectivity index (χ0v) is 21.4. The molecule has 9 heteroatoms. The molecule has 0 aromatic heterocycles. The summed E-state index contributed by atoms with van der Waals surface area (Å²) >= 11 is 0. The van der Waals surface area contributed by atoms with Crippen molar-refractivity contribution in [1.82, 2.24) is 5.32 Å². The minimum absolute atomic E-state index is 0.0109. The van der Waals surface area contributed by atoms with Gasteiger partial charge in [-0.3, -0.25) is 14.4 Å². The number of carbonyl (C=O) groups excluding carboxylic acids is 3. The minimum atomic E-state index is -2.40. The van der Waals surface area contributed by atoms with Gasteiger partial charge in [-0.2, -0.15) is 0 Å². The Bertz CT molecular complexity index is 1440. The fraction of sp³-hybridized carbons (Fsp3) is 0.345. The van der Waals surface area contributed by atoms with Crippen LogP contribution in [-0.4, -0.2) is 64.1 Å². The Labute approximate surface area is 219 Å². The zero-order valence-electron chi connectivity index (χ0n) is 21.4. The maximum absolute atomic E-state index is 14.1. The van der Waals surface area contributed by atoms with Crippen LogP contribution in [0.4, 0.5) is 5.69 Å². The Morgan fingerprint density at radius 2 is 1.76 bits per heavy atom. The normalized spacial score (nSPS) is 26.5. The quantitative estimate of drug-likeness (QED) is 0.415. The molecule has 198 valence electrons. The molecule has 0 unspecified atom stereocenters. The Kier molecular flexibility index (Phi) is 5.87. The number of anilines is 1. The molecular weight excluding hydrogens is 488 g/mol. The van der Waals surface area contributed by atoms with E-state index in [4.69, 9.17) is 0 Å². The zero-order chi connectivity index (χ0) is 27.6. The molecule has 38 heavy (non-hydrogen) atoms. The highest BCUT2D eigenvalue weighted by Gasteiger charge is 2.62. The van der Waals surface area contributed by atoms with Gasteiger partial charge in [-0.05, 0) is 49.6 Å². The van der Waals surface area contributed by atoms with E-state index in [1.54, 1.807) is 55.4 Å². The lowest BCUT2D eigenvalue weighted by molar-refractivity contribution is -0.144. The van der Waals surface area contributed by atoms with Gasteiger partial charge in [0, 0.05) is 60.8 Å². The molecule has 9 nitrogen and oxygen atoms in total. The Hall–Kier alpha value is -4.11. The van der Waals surface area contributed by atoms with Crippen molar-refractivity contribution in [3.63, 3.8) is 0 Å². The molecule has 0 saturated heterocycles. The van der Waals surface area contributed by atoms with Crippen molar-refractivity contribution in [3.05, 3.63) is 81.8 Å². The summed E-state index contributed by atoms with van der Waals surface area (Å²) in [6, 6.07) is 11.6. The van der Waals surface area contributed by atoms with Gasteiger partial charge in [-0.15, -0.1) is 0 Å². The second-order valence-corrected chi connectivity index (χ2v) is 10.7. The monoisotopic (exact) mass is 518 g/mol. The second-order valence-electron chi connectivity index (χ2n) is 10.7. The minimum Gasteiger partial charge on any atom is -0.512 e. The number of hydrogen-bond acceptors (Lipinski definition) is 8. The van der Waals surface area contributed by atoms with E-state index in [-0.39, 0.29) is 59.9 Å². The molecule has 2 aromatic carbocycles. The van der Waals surface area contributed by atoms with Gasteiger partial charge in [0.1, 0.15) is 11.5 Å². The van der Waals surface area contributed by atoms with E-state index in [1.807, 2.05) is 0 Å². The molecule has 0 saturated carbocycles. The molecule has 3 atom stereocenters. The lowest BCUT2D eigenvalue weighted by Gasteiger charge is -2.51. The number of Topliss-reactive ketones (excluding diaryl/α,β-unsaturated/α-hetero) is 2. The third-order valence-corrected chi connectivity index (χ3v) is 8.26. The molecular formula is C29H30N2O7. The third kappa shape index (κ3) is 3.53. The number of benzene rings is 2. The number of aliphatic hydroxyl groups is 3. The fourth-order valence-corrected chi connectivity index (χ4v) is 6.28. The topological polar surface area (TPSA) is 147 Å². The first-order chi connectivity index (χ1) is 17.9. The number of rotatable bonds is 4. The van der Waals surface area contributed by atoms with Crippen molar-refractivity contribution >= 4 is 23.2 Å². The molecule has 5 rings (SSSR count). The number of phenols is 1. The first-order valence-electron chi connectivity index (χ1n) is 12.4. The molecule has 0 bridgehead atoms.